The van der Waals surface area contributed by atoms with E-state index in [1.165, 1.54) is 16.2 Å². The Labute approximate surface area is 166 Å². The van der Waals surface area contributed by atoms with Crippen molar-refractivity contribution in [3.63, 3.8) is 0 Å². The molecule has 2 aromatic heterocycles. The molecule has 1 aliphatic rings. The van der Waals surface area contributed by atoms with E-state index >= 15 is 0 Å². The van der Waals surface area contributed by atoms with Crippen LogP contribution in [-0.2, 0) is 4.79 Å². The normalized spacial score (nSPS) is 15.9. The lowest BCUT2D eigenvalue weighted by molar-refractivity contribution is -0.122. The molecule has 9 heteroatoms. The first-order valence-electron chi connectivity index (χ1n) is 8.68. The lowest BCUT2D eigenvalue weighted by Gasteiger charge is -2.13. The number of hydrogen-bond acceptors (Lipinski definition) is 7. The molecule has 0 aromatic carbocycles. The lowest BCUT2D eigenvalue weighted by Crippen LogP contribution is -2.29. The molecule has 1 fully saturated rings. The highest BCUT2D eigenvalue weighted by Gasteiger charge is 2.32. The predicted octanol–water partition coefficient (Wildman–Crippen LogP) is 2.10. The summed E-state index contributed by atoms with van der Waals surface area (Å²) < 4.78 is 1.92. The first-order chi connectivity index (χ1) is 13.1. The third-order valence-corrected chi connectivity index (χ3v) is 5.44. The molecule has 0 aliphatic carbocycles. The van der Waals surface area contributed by atoms with E-state index in [0.29, 0.717) is 27.2 Å². The number of hydrogen-bond donors (Lipinski definition) is 2. The summed E-state index contributed by atoms with van der Waals surface area (Å²) in [5, 5.41) is 12.1. The highest BCUT2D eigenvalue weighted by atomic mass is 32.2. The van der Waals surface area contributed by atoms with Crippen LogP contribution in [0.25, 0.3) is 11.7 Å². The Balaban J connectivity index is 2.06. The van der Waals surface area contributed by atoms with E-state index in [2.05, 4.69) is 10.3 Å². The van der Waals surface area contributed by atoms with Crippen molar-refractivity contribution in [3.05, 3.63) is 45.2 Å². The minimum absolute atomic E-state index is 0.103. The Morgan fingerprint density at radius 2 is 2.19 bits per heavy atom. The van der Waals surface area contributed by atoms with Gasteiger partial charge in [0.05, 0.1) is 17.1 Å². The van der Waals surface area contributed by atoms with Crippen molar-refractivity contribution < 1.29 is 9.90 Å². The summed E-state index contributed by atoms with van der Waals surface area (Å²) in [5.74, 6) is 0.142. The smallest absolute Gasteiger partial charge is 0.267 e. The van der Waals surface area contributed by atoms with Crippen LogP contribution in [0.4, 0.5) is 5.82 Å². The van der Waals surface area contributed by atoms with Gasteiger partial charge in [0.2, 0.25) is 0 Å². The average molecular weight is 405 g/mol. The molecule has 1 saturated heterocycles. The highest BCUT2D eigenvalue weighted by molar-refractivity contribution is 8.26. The van der Waals surface area contributed by atoms with Gasteiger partial charge in [0, 0.05) is 19.3 Å². The number of thiocarbonyl (C=S) groups is 1. The Kier molecular flexibility index (Phi) is 6.25. The molecule has 27 heavy (non-hydrogen) atoms. The summed E-state index contributed by atoms with van der Waals surface area (Å²) in [6.07, 6.45) is 4.99. The molecule has 0 unspecified atom stereocenters. The monoisotopic (exact) mass is 404 g/mol. The maximum atomic E-state index is 13.0. The van der Waals surface area contributed by atoms with Gasteiger partial charge in [0.15, 0.2) is 0 Å². The Bertz CT molecular complexity index is 971. The summed E-state index contributed by atoms with van der Waals surface area (Å²) in [5.41, 5.74) is 0.457. The van der Waals surface area contributed by atoms with Gasteiger partial charge in [0.1, 0.15) is 15.8 Å². The molecule has 0 atom stereocenters. The molecule has 0 radical (unpaired) electrons. The van der Waals surface area contributed by atoms with Crippen LogP contribution in [0.5, 0.6) is 0 Å². The third kappa shape index (κ3) is 4.05. The molecular formula is C18H20N4O3S2. The van der Waals surface area contributed by atoms with Crippen molar-refractivity contribution in [1.29, 1.82) is 0 Å². The molecule has 0 spiro atoms. The van der Waals surface area contributed by atoms with Gasteiger partial charge in [0.25, 0.3) is 11.5 Å². The number of thioether (sulfide) groups is 1. The van der Waals surface area contributed by atoms with Gasteiger partial charge in [-0.1, -0.05) is 43.4 Å². The van der Waals surface area contributed by atoms with Crippen LogP contribution in [0.1, 0.15) is 25.3 Å². The summed E-state index contributed by atoms with van der Waals surface area (Å²) in [6.45, 7) is 2.76. The number of fused-ring (bicyclic) bond motifs is 1. The van der Waals surface area contributed by atoms with Gasteiger partial charge in [-0.05, 0) is 24.6 Å². The van der Waals surface area contributed by atoms with Gasteiger partial charge in [-0.15, -0.1) is 0 Å². The van der Waals surface area contributed by atoms with Crippen LogP contribution >= 0.6 is 24.0 Å². The number of amides is 1. The number of aliphatic hydroxyl groups is 1. The molecule has 142 valence electrons. The minimum Gasteiger partial charge on any atom is -0.395 e. The van der Waals surface area contributed by atoms with Crippen LogP contribution < -0.4 is 10.9 Å². The van der Waals surface area contributed by atoms with Crippen molar-refractivity contribution in [1.82, 2.24) is 14.3 Å². The van der Waals surface area contributed by atoms with Crippen LogP contribution in [-0.4, -0.2) is 49.3 Å². The third-order valence-electron chi connectivity index (χ3n) is 4.06. The fraction of sp³-hybridized carbons (Fsp3) is 0.333. The number of anilines is 1. The Hall–Kier alpha value is -2.23. The summed E-state index contributed by atoms with van der Waals surface area (Å²) in [7, 11) is 0. The maximum Gasteiger partial charge on any atom is 0.267 e. The largest absolute Gasteiger partial charge is 0.395 e. The van der Waals surface area contributed by atoms with Crippen molar-refractivity contribution >= 4 is 51.7 Å². The Morgan fingerprint density at radius 3 is 2.93 bits per heavy atom. The SMILES string of the molecule is CCCCN1C(=O)/C(=C\c2c(NCCO)nc3ccccn3c2=O)SC1=S. The van der Waals surface area contributed by atoms with E-state index in [1.54, 1.807) is 35.4 Å². The van der Waals surface area contributed by atoms with E-state index in [4.69, 9.17) is 17.3 Å². The number of pyridine rings is 1. The molecule has 0 saturated carbocycles. The predicted molar refractivity (Wildman–Crippen MR) is 112 cm³/mol. The van der Waals surface area contributed by atoms with E-state index < -0.39 is 0 Å². The average Bonchev–Trinajstić information content (AvgIpc) is 2.94. The van der Waals surface area contributed by atoms with Gasteiger partial charge in [-0.2, -0.15) is 0 Å². The molecule has 2 aromatic rings. The van der Waals surface area contributed by atoms with E-state index in [1.807, 2.05) is 6.92 Å². The quantitative estimate of drug-likeness (QED) is 0.540. The zero-order valence-electron chi connectivity index (χ0n) is 14.8. The highest BCUT2D eigenvalue weighted by Crippen LogP contribution is 2.33. The fourth-order valence-corrected chi connectivity index (χ4v) is 3.97. The fourth-order valence-electron chi connectivity index (χ4n) is 2.68. The number of aromatic nitrogens is 2. The number of carbonyl (C=O) groups is 1. The van der Waals surface area contributed by atoms with Gasteiger partial charge in [-0.25, -0.2) is 4.98 Å². The van der Waals surface area contributed by atoms with E-state index in [-0.39, 0.29) is 30.2 Å². The first kappa shape index (κ1) is 19.5. The summed E-state index contributed by atoms with van der Waals surface area (Å²) in [4.78, 5) is 32.1. The van der Waals surface area contributed by atoms with Crippen LogP contribution in [0.2, 0.25) is 0 Å². The van der Waals surface area contributed by atoms with Gasteiger partial charge in [-0.3, -0.25) is 18.9 Å². The molecule has 2 N–H and O–H groups in total. The van der Waals surface area contributed by atoms with Crippen LogP contribution in [0.3, 0.4) is 0 Å². The van der Waals surface area contributed by atoms with Crippen LogP contribution in [0, 0.1) is 0 Å². The van der Waals surface area contributed by atoms with Crippen molar-refractivity contribution in [2.75, 3.05) is 25.0 Å². The molecule has 1 aliphatic heterocycles. The van der Waals surface area contributed by atoms with Crippen molar-refractivity contribution in [3.8, 4) is 0 Å². The first-order valence-corrected chi connectivity index (χ1v) is 9.90. The van der Waals surface area contributed by atoms with Crippen LogP contribution in [0.15, 0.2) is 34.1 Å². The number of carbonyl (C=O) groups excluding carboxylic acids is 1. The molecule has 1 amide bonds. The van der Waals surface area contributed by atoms with E-state index in [9.17, 15) is 9.59 Å². The second kappa shape index (κ2) is 8.64. The standard InChI is InChI=1S/C18H20N4O3S2/c1-2-3-8-22-17(25)13(27-18(22)26)11-12-15(19-7-10-23)20-14-6-4-5-9-21(14)16(12)24/h4-6,9,11,19,23H,2-3,7-8,10H2,1H3/b13-11+. The van der Waals surface area contributed by atoms with Gasteiger partial charge < -0.3 is 10.4 Å². The van der Waals surface area contributed by atoms with Crippen molar-refractivity contribution in [2.24, 2.45) is 0 Å². The van der Waals surface area contributed by atoms with Crippen molar-refractivity contribution in [2.45, 2.75) is 19.8 Å². The molecule has 3 heterocycles. The summed E-state index contributed by atoms with van der Waals surface area (Å²) in [6, 6.07) is 5.25. The molecule has 7 nitrogen and oxygen atoms in total. The molecule has 3 rings (SSSR count). The second-order valence-electron chi connectivity index (χ2n) is 5.95. The summed E-state index contributed by atoms with van der Waals surface area (Å²) >= 11 is 6.51. The molecule has 0 bridgehead atoms. The van der Waals surface area contributed by atoms with Gasteiger partial charge >= 0.3 is 0 Å². The zero-order valence-corrected chi connectivity index (χ0v) is 16.5. The Morgan fingerprint density at radius 1 is 1.37 bits per heavy atom. The second-order valence-corrected chi connectivity index (χ2v) is 7.62. The lowest BCUT2D eigenvalue weighted by atomic mass is 10.2. The maximum absolute atomic E-state index is 13.0. The topological polar surface area (TPSA) is 86.9 Å². The number of nitrogens with zero attached hydrogens (tertiary/aromatic N) is 3. The number of rotatable bonds is 7. The number of nitrogens with one attached hydrogen (secondary N) is 1. The number of aliphatic hydroxyl groups excluding tert-OH is 1. The molecular weight excluding hydrogens is 384 g/mol. The van der Waals surface area contributed by atoms with E-state index in [0.717, 1.165) is 12.8 Å². The zero-order chi connectivity index (χ0) is 19.4. The minimum atomic E-state index is -0.292. The number of unbranched alkanes of at least 4 members (excludes halogenated alkanes) is 1.